The Labute approximate surface area is 132 Å². The zero-order chi connectivity index (χ0) is 16.0. The summed E-state index contributed by atoms with van der Waals surface area (Å²) in [5.74, 6) is 3.42. The lowest BCUT2D eigenvalue weighted by molar-refractivity contribution is -0.128. The van der Waals surface area contributed by atoms with Crippen molar-refractivity contribution in [2.45, 2.75) is 67.2 Å². The maximum atomic E-state index is 12.4. The summed E-state index contributed by atoms with van der Waals surface area (Å²) in [5, 5.41) is 0. The Morgan fingerprint density at radius 2 is 1.57 bits per heavy atom. The molecule has 0 aromatic rings. The molecule has 0 radical (unpaired) electrons. The first-order chi connectivity index (χ1) is 9.79. The third-order valence-electron chi connectivity index (χ3n) is 4.92. The summed E-state index contributed by atoms with van der Waals surface area (Å²) in [6.07, 6.45) is 4.50. The fraction of sp³-hybridized carbons (Fsp3) is 0.947. The highest BCUT2D eigenvalue weighted by Gasteiger charge is 2.33. The van der Waals surface area contributed by atoms with Gasteiger partial charge in [0.25, 0.3) is 0 Å². The Balaban J connectivity index is 2.58. The molecule has 0 aliphatic heterocycles. The molecule has 2 heteroatoms. The molecule has 0 spiro atoms. The number of Topliss-reactive ketones (excluding diaryl/α,β-unsaturated/α-hetero) is 1. The molecule has 3 unspecified atom stereocenters. The van der Waals surface area contributed by atoms with Gasteiger partial charge in [0.2, 0.25) is 0 Å². The summed E-state index contributed by atoms with van der Waals surface area (Å²) in [6.45, 7) is 16.9. The van der Waals surface area contributed by atoms with Crippen LogP contribution in [0.5, 0.6) is 0 Å². The van der Waals surface area contributed by atoms with Crippen molar-refractivity contribution in [2.75, 3.05) is 19.6 Å². The molecule has 0 saturated heterocycles. The van der Waals surface area contributed by atoms with Crippen LogP contribution in [0.25, 0.3) is 0 Å². The second-order valence-electron chi connectivity index (χ2n) is 8.26. The monoisotopic (exact) mass is 295 g/mol. The topological polar surface area (TPSA) is 20.3 Å². The molecule has 1 fully saturated rings. The quantitative estimate of drug-likeness (QED) is 0.650. The molecule has 2 nitrogen and oxygen atoms in total. The van der Waals surface area contributed by atoms with Gasteiger partial charge in [0.1, 0.15) is 5.78 Å². The van der Waals surface area contributed by atoms with Crippen molar-refractivity contribution < 1.29 is 4.79 Å². The van der Waals surface area contributed by atoms with E-state index in [9.17, 15) is 4.79 Å². The minimum atomic E-state index is 0.278. The predicted molar refractivity (Wildman–Crippen MR) is 91.4 cm³/mol. The van der Waals surface area contributed by atoms with Crippen molar-refractivity contribution in [2.24, 2.45) is 29.6 Å². The van der Waals surface area contributed by atoms with Crippen LogP contribution < -0.4 is 0 Å². The molecule has 0 aromatic heterocycles. The van der Waals surface area contributed by atoms with E-state index in [-0.39, 0.29) is 5.92 Å². The maximum absolute atomic E-state index is 12.4. The van der Waals surface area contributed by atoms with Gasteiger partial charge in [-0.3, -0.25) is 4.79 Å². The van der Waals surface area contributed by atoms with Gasteiger partial charge in [0.15, 0.2) is 0 Å². The molecule has 0 aromatic carbocycles. The van der Waals surface area contributed by atoms with Crippen LogP contribution in [-0.2, 0) is 4.79 Å². The summed E-state index contributed by atoms with van der Waals surface area (Å²) in [6, 6.07) is 0. The third-order valence-corrected chi connectivity index (χ3v) is 4.92. The summed E-state index contributed by atoms with van der Waals surface area (Å²) in [7, 11) is 0. The normalized spacial score (nSPS) is 27.1. The number of ketones is 1. The van der Waals surface area contributed by atoms with Crippen molar-refractivity contribution in [3.8, 4) is 0 Å². The van der Waals surface area contributed by atoms with E-state index in [2.05, 4.69) is 46.4 Å². The Morgan fingerprint density at radius 1 is 1.05 bits per heavy atom. The van der Waals surface area contributed by atoms with Crippen molar-refractivity contribution in [3.63, 3.8) is 0 Å². The standard InChI is InChI=1S/C19H37NO/c1-14(2)7-9-20(10-8-15(3)4)13-18-17(6)11-16(5)12-19(18)21/h14-18H,7-13H2,1-6H3. The molecule has 1 rings (SSSR count). The van der Waals surface area contributed by atoms with E-state index in [1.807, 2.05) is 0 Å². The highest BCUT2D eigenvalue weighted by atomic mass is 16.1. The highest BCUT2D eigenvalue weighted by Crippen LogP contribution is 2.31. The van der Waals surface area contributed by atoms with Crippen LogP contribution in [0.1, 0.15) is 67.2 Å². The number of carbonyl (C=O) groups excluding carboxylic acids is 1. The van der Waals surface area contributed by atoms with E-state index in [1.54, 1.807) is 0 Å². The summed E-state index contributed by atoms with van der Waals surface area (Å²) < 4.78 is 0. The second-order valence-corrected chi connectivity index (χ2v) is 8.26. The first kappa shape index (κ1) is 18.7. The molecule has 21 heavy (non-hydrogen) atoms. The van der Waals surface area contributed by atoms with Gasteiger partial charge in [-0.25, -0.2) is 0 Å². The van der Waals surface area contributed by atoms with E-state index < -0.39 is 0 Å². The Bertz CT molecular complexity index is 299. The van der Waals surface area contributed by atoms with Gasteiger partial charge in [-0.2, -0.15) is 0 Å². The highest BCUT2D eigenvalue weighted by molar-refractivity contribution is 5.82. The molecular formula is C19H37NO. The van der Waals surface area contributed by atoms with Crippen molar-refractivity contribution >= 4 is 5.78 Å². The number of rotatable bonds is 8. The smallest absolute Gasteiger partial charge is 0.137 e. The number of hydrogen-bond donors (Lipinski definition) is 0. The summed E-state index contributed by atoms with van der Waals surface area (Å²) in [5.41, 5.74) is 0. The Hall–Kier alpha value is -0.370. The summed E-state index contributed by atoms with van der Waals surface area (Å²) in [4.78, 5) is 15.0. The lowest BCUT2D eigenvalue weighted by Crippen LogP contribution is -2.41. The first-order valence-corrected chi connectivity index (χ1v) is 9.04. The first-order valence-electron chi connectivity index (χ1n) is 9.04. The van der Waals surface area contributed by atoms with E-state index in [1.165, 1.54) is 19.3 Å². The van der Waals surface area contributed by atoms with Crippen LogP contribution >= 0.6 is 0 Å². The minimum Gasteiger partial charge on any atom is -0.303 e. The molecule has 0 bridgehead atoms. The average molecular weight is 296 g/mol. The number of carbonyl (C=O) groups is 1. The predicted octanol–water partition coefficient (Wildman–Crippen LogP) is 4.63. The van der Waals surface area contributed by atoms with Crippen molar-refractivity contribution in [1.82, 2.24) is 4.90 Å². The molecule has 1 aliphatic rings. The van der Waals surface area contributed by atoms with Gasteiger partial charge in [-0.1, -0.05) is 41.5 Å². The van der Waals surface area contributed by atoms with Crippen LogP contribution in [0.4, 0.5) is 0 Å². The molecule has 0 N–H and O–H groups in total. The lowest BCUT2D eigenvalue weighted by atomic mass is 9.74. The molecule has 1 aliphatic carbocycles. The van der Waals surface area contributed by atoms with Gasteiger partial charge >= 0.3 is 0 Å². The van der Waals surface area contributed by atoms with Crippen LogP contribution in [0.15, 0.2) is 0 Å². The fourth-order valence-electron chi connectivity index (χ4n) is 3.43. The van der Waals surface area contributed by atoms with Gasteiger partial charge < -0.3 is 4.90 Å². The number of hydrogen-bond acceptors (Lipinski definition) is 2. The fourth-order valence-corrected chi connectivity index (χ4v) is 3.43. The SMILES string of the molecule is CC(C)CCN(CCC(C)C)CC1C(=O)CC(C)CC1C. The van der Waals surface area contributed by atoms with E-state index in [0.29, 0.717) is 17.6 Å². The molecular weight excluding hydrogens is 258 g/mol. The largest absolute Gasteiger partial charge is 0.303 e. The van der Waals surface area contributed by atoms with Gasteiger partial charge in [-0.05, 0) is 56.0 Å². The summed E-state index contributed by atoms with van der Waals surface area (Å²) >= 11 is 0. The number of nitrogens with zero attached hydrogens (tertiary/aromatic N) is 1. The van der Waals surface area contributed by atoms with Crippen molar-refractivity contribution in [1.29, 1.82) is 0 Å². The van der Waals surface area contributed by atoms with Crippen LogP contribution in [0.3, 0.4) is 0 Å². The average Bonchev–Trinajstić information content (AvgIpc) is 2.35. The molecule has 3 atom stereocenters. The lowest BCUT2D eigenvalue weighted by Gasteiger charge is -2.35. The minimum absolute atomic E-state index is 0.278. The Kier molecular flexibility index (Phi) is 7.94. The van der Waals surface area contributed by atoms with Crippen LogP contribution in [-0.4, -0.2) is 30.3 Å². The van der Waals surface area contributed by atoms with E-state index in [4.69, 9.17) is 0 Å². The third kappa shape index (κ3) is 6.95. The van der Waals surface area contributed by atoms with Gasteiger partial charge in [0, 0.05) is 18.9 Å². The molecule has 124 valence electrons. The second kappa shape index (κ2) is 8.92. The molecule has 1 saturated carbocycles. The van der Waals surface area contributed by atoms with Crippen LogP contribution in [0, 0.1) is 29.6 Å². The zero-order valence-corrected chi connectivity index (χ0v) is 15.2. The van der Waals surface area contributed by atoms with E-state index in [0.717, 1.165) is 37.9 Å². The Morgan fingerprint density at radius 3 is 2.00 bits per heavy atom. The zero-order valence-electron chi connectivity index (χ0n) is 15.2. The molecule has 0 amide bonds. The van der Waals surface area contributed by atoms with Gasteiger partial charge in [0.05, 0.1) is 0 Å². The van der Waals surface area contributed by atoms with E-state index >= 15 is 0 Å². The van der Waals surface area contributed by atoms with Crippen LogP contribution in [0.2, 0.25) is 0 Å². The maximum Gasteiger partial charge on any atom is 0.137 e. The molecule has 0 heterocycles. The van der Waals surface area contributed by atoms with Crippen molar-refractivity contribution in [3.05, 3.63) is 0 Å². The van der Waals surface area contributed by atoms with Gasteiger partial charge in [-0.15, -0.1) is 0 Å².